The largest absolute Gasteiger partial charge is 0.464 e. The van der Waals surface area contributed by atoms with Crippen molar-refractivity contribution in [2.24, 2.45) is 29.1 Å². The van der Waals surface area contributed by atoms with Crippen LogP contribution < -0.4 is 21.0 Å². The molecule has 7 aliphatic rings. The Labute approximate surface area is 463 Å². The van der Waals surface area contributed by atoms with E-state index in [2.05, 4.69) is 89.3 Å². The lowest BCUT2D eigenvalue weighted by atomic mass is 9.84. The van der Waals surface area contributed by atoms with Gasteiger partial charge in [-0.05, 0) is 86.5 Å². The third-order valence-electron chi connectivity index (χ3n) is 17.8. The Balaban J connectivity index is 0.913. The van der Waals surface area contributed by atoms with Crippen LogP contribution in [0.25, 0.3) is 33.4 Å². The third-order valence-corrected chi connectivity index (χ3v) is 18.6. The van der Waals surface area contributed by atoms with E-state index in [1.165, 1.54) is 21.2 Å². The molecule has 4 amide bonds. The van der Waals surface area contributed by atoms with E-state index in [4.69, 9.17) is 19.4 Å². The van der Waals surface area contributed by atoms with E-state index in [0.717, 1.165) is 103 Å². The molecule has 19 heteroatoms. The fraction of sp³-hybridized carbons (Fsp3) is 0.644. The Kier molecular flexibility index (Phi) is 15.3. The number of anilines is 1. The van der Waals surface area contributed by atoms with Crippen molar-refractivity contribution in [3.63, 3.8) is 0 Å². The van der Waals surface area contributed by atoms with Gasteiger partial charge in [0.1, 0.15) is 24.2 Å². The molecule has 0 unspecified atom stereocenters. The summed E-state index contributed by atoms with van der Waals surface area (Å²) in [5.41, 5.74) is 11.0. The molecule has 0 spiro atoms. The number of pyridine rings is 1. The fourth-order valence-corrected chi connectivity index (χ4v) is 14.1. The average molecular weight is 1090 g/mol. The number of cyclic esters (lactones) is 1. The maximum Gasteiger partial charge on any atom is 0.324 e. The Morgan fingerprint density at radius 1 is 1.01 bits per heavy atom. The van der Waals surface area contributed by atoms with Crippen LogP contribution in [0.1, 0.15) is 103 Å². The first-order valence-electron chi connectivity index (χ1n) is 28.9. The number of thiazole rings is 1. The van der Waals surface area contributed by atoms with Gasteiger partial charge in [-0.3, -0.25) is 44.2 Å². The number of likely N-dealkylation sites (N-methyl/N-ethyl adjacent to an activating group) is 1. The Morgan fingerprint density at radius 2 is 1.82 bits per heavy atom. The number of fused-ring (bicyclic) bond motifs is 7. The van der Waals surface area contributed by atoms with Gasteiger partial charge in [-0.15, -0.1) is 11.3 Å². The summed E-state index contributed by atoms with van der Waals surface area (Å²) in [6.07, 6.45) is 6.05. The third kappa shape index (κ3) is 10.8. The highest BCUT2D eigenvalue weighted by Gasteiger charge is 2.54. The minimum atomic E-state index is -1.08. The van der Waals surface area contributed by atoms with Gasteiger partial charge in [0.2, 0.25) is 17.7 Å². The van der Waals surface area contributed by atoms with E-state index in [-0.39, 0.29) is 54.7 Å². The molecular formula is C59H81N11O7S. The molecule has 18 nitrogen and oxygen atoms in total. The molecule has 0 radical (unpaired) electrons. The van der Waals surface area contributed by atoms with Crippen molar-refractivity contribution in [1.82, 2.24) is 50.3 Å². The topological polar surface area (TPSA) is 197 Å². The van der Waals surface area contributed by atoms with Gasteiger partial charge in [0.25, 0.3) is 5.91 Å². The van der Waals surface area contributed by atoms with Crippen molar-refractivity contribution in [2.45, 2.75) is 143 Å². The molecule has 1 aromatic carbocycles. The number of benzene rings is 1. The summed E-state index contributed by atoms with van der Waals surface area (Å²) in [7, 11) is 1.66. The number of hydrogen-bond acceptors (Lipinski definition) is 14. The van der Waals surface area contributed by atoms with Gasteiger partial charge in [-0.25, -0.2) is 10.4 Å². The summed E-state index contributed by atoms with van der Waals surface area (Å²) in [4.78, 5) is 90.6. The Bertz CT molecular complexity index is 2950. The number of carbonyl (C=O) groups excluding carboxylic acids is 5. The number of aromatic nitrogens is 3. The van der Waals surface area contributed by atoms with Gasteiger partial charge in [0.05, 0.1) is 65.8 Å². The average Bonchev–Trinajstić information content (AvgIpc) is 4.34. The number of nitrogens with zero attached hydrogens (tertiary/aromatic N) is 8. The predicted molar refractivity (Wildman–Crippen MR) is 300 cm³/mol. The lowest BCUT2D eigenvalue weighted by Gasteiger charge is -2.44. The number of ether oxygens (including phenoxy) is 2. The van der Waals surface area contributed by atoms with Crippen molar-refractivity contribution < 1.29 is 33.4 Å². The fourth-order valence-electron chi connectivity index (χ4n) is 13.3. The van der Waals surface area contributed by atoms with E-state index < -0.39 is 47.2 Å². The molecule has 3 aromatic heterocycles. The van der Waals surface area contributed by atoms with E-state index >= 15 is 0 Å². The lowest BCUT2D eigenvalue weighted by molar-refractivity contribution is -0.155. The number of nitrogens with one attached hydrogen (secondary N) is 3. The molecule has 1 saturated carbocycles. The zero-order chi connectivity index (χ0) is 54.9. The minimum absolute atomic E-state index is 0.0561. The van der Waals surface area contributed by atoms with Crippen LogP contribution in [0.3, 0.4) is 0 Å². The first kappa shape index (κ1) is 54.5. The molecule has 6 fully saturated rings. The van der Waals surface area contributed by atoms with Gasteiger partial charge in [-0.2, -0.15) is 0 Å². The molecule has 6 aliphatic heterocycles. The summed E-state index contributed by atoms with van der Waals surface area (Å²) in [6.45, 7) is 23.9. The van der Waals surface area contributed by atoms with E-state index in [9.17, 15) is 24.0 Å². The number of likely N-dealkylation sites (tertiary alicyclic amines) is 1. The Hall–Kier alpha value is -5.47. The van der Waals surface area contributed by atoms with Crippen LogP contribution in [-0.4, -0.2) is 173 Å². The second kappa shape index (κ2) is 21.9. The molecule has 78 heavy (non-hydrogen) atoms. The van der Waals surface area contributed by atoms with Crippen LogP contribution in [0.2, 0.25) is 0 Å². The summed E-state index contributed by atoms with van der Waals surface area (Å²) in [6, 6.07) is 6.52. The van der Waals surface area contributed by atoms with Crippen LogP contribution in [0.5, 0.6) is 0 Å². The minimum Gasteiger partial charge on any atom is -0.464 e. The molecule has 4 aromatic rings. The van der Waals surface area contributed by atoms with Gasteiger partial charge >= 0.3 is 5.97 Å². The van der Waals surface area contributed by atoms with Gasteiger partial charge in [0, 0.05) is 105 Å². The van der Waals surface area contributed by atoms with E-state index in [1.54, 1.807) is 7.05 Å². The monoisotopic (exact) mass is 1090 g/mol. The molecular weight excluding hydrogens is 1010 g/mol. The number of hydrogen-bond donors (Lipinski definition) is 3. The maximum atomic E-state index is 14.9. The standard InChI is InChI=1S/C59H81N11O7S/c1-10-69-47-16-15-37-22-40(47)42(53(69)41-23-38(26-60-49(41)33(2)3)67-19-18-66-20-21-76-30-39(66)28-67)25-59(7,8)32-77-58(75)44-12-11-17-70(64-44)56(73)45(24-48-61-46(37)31-78-48)62-54(71)52(34(4)5)65(9)55(72)43-29-68(27-35(43)6)57(74)51-50(63-51)36-13-14-36/h15-16,22-23,26,31,33-36,39,43-45,50-52,63-64H,10-14,17-21,24-25,27-30,32H2,1-9H3,(H,62,71)/t35-,39+,43+,44+,45+,50-,51-,52+/m1/s1. The van der Waals surface area contributed by atoms with Crippen LogP contribution in [0.15, 0.2) is 35.8 Å². The first-order chi connectivity index (χ1) is 37.4. The zero-order valence-electron chi connectivity index (χ0n) is 47.2. The molecule has 420 valence electrons. The molecule has 3 N–H and O–H groups in total. The van der Waals surface area contributed by atoms with Crippen molar-refractivity contribution in [3.8, 4) is 22.5 Å². The molecule has 11 rings (SSSR count). The second-order valence-corrected chi connectivity index (χ2v) is 25.9. The summed E-state index contributed by atoms with van der Waals surface area (Å²) < 4.78 is 14.6. The number of rotatable bonds is 11. The molecule has 5 saturated heterocycles. The van der Waals surface area contributed by atoms with Gasteiger partial charge in [0.15, 0.2) is 0 Å². The predicted octanol–water partition coefficient (Wildman–Crippen LogP) is 5.47. The molecule has 6 bridgehead atoms. The number of carbonyl (C=O) groups is 5. The normalized spacial score (nSPS) is 27.2. The number of aryl methyl sites for hydroxylation is 1. The Morgan fingerprint density at radius 3 is 2.58 bits per heavy atom. The van der Waals surface area contributed by atoms with Crippen molar-refractivity contribution >= 4 is 57.5 Å². The van der Waals surface area contributed by atoms with E-state index in [0.29, 0.717) is 62.4 Å². The highest BCUT2D eigenvalue weighted by atomic mass is 32.1. The highest BCUT2D eigenvalue weighted by molar-refractivity contribution is 7.10. The molecule has 9 heterocycles. The highest BCUT2D eigenvalue weighted by Crippen LogP contribution is 2.44. The van der Waals surface area contributed by atoms with Crippen molar-refractivity contribution in [2.75, 3.05) is 77.6 Å². The number of esters is 1. The maximum absolute atomic E-state index is 14.9. The van der Waals surface area contributed by atoms with Crippen molar-refractivity contribution in [1.29, 1.82) is 0 Å². The summed E-state index contributed by atoms with van der Waals surface area (Å²) in [5, 5.41) is 11.7. The summed E-state index contributed by atoms with van der Waals surface area (Å²) >= 11 is 1.43. The quantitative estimate of drug-likeness (QED) is 0.127. The lowest BCUT2D eigenvalue weighted by Crippen LogP contribution is -2.62. The number of piperazine rings is 1. The SMILES string of the molecule is CCn1c(-c2cc(N3CCN4CCOC[C@@H]4C3)cnc2C(C)C)c2c3cc(ccc31)-c1csc(n1)C[C@H](NC(=O)[C@H](C(C)C)N(C)C(=O)[C@H]1CN(C(=O)[C@@H]3N[C@@H]3C3CC3)C[C@H]1C)C(=O)N1CCC[C@H](N1)C(=O)OCC(C)(C)C2. The van der Waals surface area contributed by atoms with Crippen LogP contribution in [0, 0.1) is 29.1 Å². The van der Waals surface area contributed by atoms with Gasteiger partial charge < -0.3 is 34.1 Å². The number of morpholine rings is 1. The number of amides is 4. The van der Waals surface area contributed by atoms with Crippen LogP contribution in [0.4, 0.5) is 5.69 Å². The molecule has 8 atom stereocenters. The van der Waals surface area contributed by atoms with Crippen LogP contribution >= 0.6 is 11.3 Å². The molecule has 1 aliphatic carbocycles. The summed E-state index contributed by atoms with van der Waals surface area (Å²) in [5.74, 6) is -1.60. The van der Waals surface area contributed by atoms with Gasteiger partial charge in [-0.1, -0.05) is 54.5 Å². The van der Waals surface area contributed by atoms with Crippen LogP contribution in [-0.2, 0) is 52.8 Å². The second-order valence-electron chi connectivity index (χ2n) is 24.9. The number of hydrazine groups is 1. The zero-order valence-corrected chi connectivity index (χ0v) is 48.0. The first-order valence-corrected chi connectivity index (χ1v) is 29.8. The van der Waals surface area contributed by atoms with E-state index in [1.807, 2.05) is 37.2 Å². The smallest absolute Gasteiger partial charge is 0.324 e. The van der Waals surface area contributed by atoms with Crippen molar-refractivity contribution in [3.05, 3.63) is 52.1 Å².